The fraction of sp³-hybridized carbons (Fsp3) is 0.818. The van der Waals surface area contributed by atoms with Crippen LogP contribution in [0.4, 0.5) is 0 Å². The summed E-state index contributed by atoms with van der Waals surface area (Å²) >= 11 is 0. The summed E-state index contributed by atoms with van der Waals surface area (Å²) in [5, 5.41) is 61.9. The average Bonchev–Trinajstić information content (AvgIpc) is 2.93. The maximum Gasteiger partial charge on any atom is 0.364 e. The summed E-state index contributed by atoms with van der Waals surface area (Å²) in [4.78, 5) is 52.4. The molecular weight excluding hydrogens is 560 g/mol. The van der Waals surface area contributed by atoms with Crippen LogP contribution in [0.3, 0.4) is 0 Å². The van der Waals surface area contributed by atoms with E-state index in [1.807, 2.05) is 0 Å². The first kappa shape index (κ1) is 36.8. The molecule has 0 spiro atoms. The number of hydrogen-bond acceptors (Lipinski definition) is 17. The summed E-state index contributed by atoms with van der Waals surface area (Å²) in [5.41, 5.74) is 9.03. The Morgan fingerprint density at radius 3 is 2.12 bits per heavy atom. The molecule has 19 heteroatoms. The molecule has 238 valence electrons. The van der Waals surface area contributed by atoms with E-state index in [0.717, 1.165) is 0 Å². The lowest BCUT2D eigenvalue weighted by Gasteiger charge is -2.50. The molecule has 0 aromatic rings. The molecule has 0 radical (unpaired) electrons. The van der Waals surface area contributed by atoms with E-state index in [2.05, 4.69) is 10.2 Å². The summed E-state index contributed by atoms with van der Waals surface area (Å²) < 4.78 is 20.7. The van der Waals surface area contributed by atoms with Crippen molar-refractivity contribution in [3.05, 3.63) is 0 Å². The van der Waals surface area contributed by atoms with Crippen LogP contribution in [0.15, 0.2) is 0 Å². The number of carboxylic acid groups (broad SMARTS) is 1. The lowest BCUT2D eigenvalue weighted by molar-refractivity contribution is -0.304. The molecule has 0 bridgehead atoms. The second-order valence-corrected chi connectivity index (χ2v) is 9.08. The standard InChI is InChI=1S/C22H40N4O15/c23-16(12(28)1-3-37-5-7-39-8-6-38-4-2-26-15(31)11-40-25)18(33)22(24)14(30)9-21(36,20(34)35)41-19(22)17(32)13(29)10-27/h13-14,16-17,19,27,29-30,32,36H,1-11,23-25H2,(H,26,31)(H,34,35)/t13?,14-,16?,17?,19-,21?,22-/m0/s1. The van der Waals surface area contributed by atoms with Crippen LogP contribution in [0, 0.1) is 0 Å². The molecule has 1 fully saturated rings. The highest BCUT2D eigenvalue weighted by atomic mass is 16.7. The smallest absolute Gasteiger partial charge is 0.364 e. The normalized spacial score (nSPS) is 26.6. The third-order valence-electron chi connectivity index (χ3n) is 6.12. The number of nitrogens with two attached hydrogens (primary N) is 3. The van der Waals surface area contributed by atoms with Gasteiger partial charge in [-0.2, -0.15) is 0 Å². The van der Waals surface area contributed by atoms with E-state index in [1.54, 1.807) is 0 Å². The first-order valence-electron chi connectivity index (χ1n) is 12.5. The maximum absolute atomic E-state index is 13.1. The first-order chi connectivity index (χ1) is 19.3. The minimum atomic E-state index is -3.11. The van der Waals surface area contributed by atoms with Crippen molar-refractivity contribution in [2.24, 2.45) is 17.4 Å². The number of amides is 1. The van der Waals surface area contributed by atoms with Gasteiger partial charge in [-0.3, -0.25) is 19.2 Å². The molecular formula is C22H40N4O15. The number of nitrogens with one attached hydrogen (secondary N) is 1. The van der Waals surface area contributed by atoms with Crippen molar-refractivity contribution in [1.82, 2.24) is 5.32 Å². The van der Waals surface area contributed by atoms with E-state index in [-0.39, 0.29) is 65.1 Å². The van der Waals surface area contributed by atoms with Crippen LogP contribution >= 0.6 is 0 Å². The summed E-state index contributed by atoms with van der Waals surface area (Å²) in [6.45, 7) is -0.354. The van der Waals surface area contributed by atoms with E-state index in [9.17, 15) is 44.7 Å². The van der Waals surface area contributed by atoms with Crippen LogP contribution in [-0.2, 0) is 43.0 Å². The van der Waals surface area contributed by atoms with Crippen LogP contribution in [0.1, 0.15) is 12.8 Å². The van der Waals surface area contributed by atoms with Crippen LogP contribution in [0.2, 0.25) is 0 Å². The quantitative estimate of drug-likeness (QED) is 0.0332. The zero-order valence-electron chi connectivity index (χ0n) is 22.3. The molecule has 0 aliphatic carbocycles. The second-order valence-electron chi connectivity index (χ2n) is 9.08. The lowest BCUT2D eigenvalue weighted by atomic mass is 9.72. The third kappa shape index (κ3) is 10.5. The molecule has 0 saturated carbocycles. The Bertz CT molecular complexity index is 867. The maximum atomic E-state index is 13.1. The van der Waals surface area contributed by atoms with Crippen LogP contribution in [-0.4, -0.2) is 155 Å². The zero-order chi connectivity index (χ0) is 31.2. The number of rotatable bonds is 21. The first-order valence-corrected chi connectivity index (χ1v) is 12.5. The molecule has 7 atom stereocenters. The number of carbonyl (C=O) groups excluding carboxylic acids is 3. The Morgan fingerprint density at radius 1 is 1.02 bits per heavy atom. The molecule has 1 aliphatic rings. The summed E-state index contributed by atoms with van der Waals surface area (Å²) in [6.07, 6.45) is -10.3. The molecule has 1 aliphatic heterocycles. The lowest BCUT2D eigenvalue weighted by Crippen LogP contribution is -2.78. The Morgan fingerprint density at radius 2 is 1.59 bits per heavy atom. The van der Waals surface area contributed by atoms with E-state index in [4.69, 9.17) is 41.4 Å². The summed E-state index contributed by atoms with van der Waals surface area (Å²) in [7, 11) is 0. The number of aliphatic hydroxyl groups is 5. The minimum absolute atomic E-state index is 0.0695. The van der Waals surface area contributed by atoms with Gasteiger partial charge in [0.1, 0.15) is 36.5 Å². The molecule has 1 saturated heterocycles. The van der Waals surface area contributed by atoms with Crippen LogP contribution in [0.25, 0.3) is 0 Å². The summed E-state index contributed by atoms with van der Waals surface area (Å²) in [5.74, 6) is -2.98. The van der Waals surface area contributed by atoms with Gasteiger partial charge < -0.3 is 66.4 Å². The van der Waals surface area contributed by atoms with E-state index < -0.39 is 72.3 Å². The number of carbonyl (C=O) groups is 4. The van der Waals surface area contributed by atoms with Gasteiger partial charge in [-0.05, 0) is 0 Å². The second kappa shape index (κ2) is 17.7. The number of ether oxygens (including phenoxy) is 4. The van der Waals surface area contributed by atoms with Gasteiger partial charge >= 0.3 is 5.97 Å². The van der Waals surface area contributed by atoms with Gasteiger partial charge in [-0.15, -0.1) is 0 Å². The largest absolute Gasteiger partial charge is 0.477 e. The number of Topliss-reactive ketones (excluding diaryl/α,β-unsaturated/α-hetero) is 2. The molecule has 1 heterocycles. The van der Waals surface area contributed by atoms with Gasteiger partial charge in [0.25, 0.3) is 5.79 Å². The van der Waals surface area contributed by atoms with Crippen LogP contribution in [0.5, 0.6) is 0 Å². The van der Waals surface area contributed by atoms with E-state index in [0.29, 0.717) is 0 Å². The molecule has 0 aromatic carbocycles. The number of aliphatic hydroxyl groups excluding tert-OH is 4. The SMILES string of the molecule is NOCC(=O)NCCOCCOCCOCCC(=O)C(N)C(=O)[C@@]1(N)[C@@H](O)CC(O)(C(=O)O)O[C@H]1C(O)C(O)CO. The van der Waals surface area contributed by atoms with Gasteiger partial charge in [0.05, 0.1) is 52.4 Å². The van der Waals surface area contributed by atoms with Gasteiger partial charge in [0.15, 0.2) is 11.6 Å². The van der Waals surface area contributed by atoms with E-state index in [1.165, 1.54) is 0 Å². The highest BCUT2D eigenvalue weighted by Crippen LogP contribution is 2.37. The Labute approximate surface area is 234 Å². The summed E-state index contributed by atoms with van der Waals surface area (Å²) in [6, 6.07) is -1.99. The Hall–Kier alpha value is -2.24. The molecule has 0 aromatic heterocycles. The number of carboxylic acids is 1. The van der Waals surface area contributed by atoms with Crippen molar-refractivity contribution in [2.45, 2.75) is 54.6 Å². The van der Waals surface area contributed by atoms with Gasteiger partial charge in [-0.1, -0.05) is 0 Å². The van der Waals surface area contributed by atoms with Crippen molar-refractivity contribution >= 4 is 23.4 Å². The molecule has 19 nitrogen and oxygen atoms in total. The number of hydrogen-bond donors (Lipinski definition) is 10. The number of ketones is 2. The van der Waals surface area contributed by atoms with Crippen molar-refractivity contribution in [3.8, 4) is 0 Å². The number of aliphatic carboxylic acids is 1. The minimum Gasteiger partial charge on any atom is -0.477 e. The average molecular weight is 601 g/mol. The van der Waals surface area contributed by atoms with Crippen molar-refractivity contribution < 1.29 is 73.6 Å². The fourth-order valence-electron chi connectivity index (χ4n) is 3.76. The van der Waals surface area contributed by atoms with Gasteiger partial charge in [0.2, 0.25) is 5.91 Å². The zero-order valence-corrected chi connectivity index (χ0v) is 22.3. The Balaban J connectivity index is 2.52. The van der Waals surface area contributed by atoms with E-state index >= 15 is 0 Å². The Kier molecular flexibility index (Phi) is 15.8. The molecule has 1 amide bonds. The predicted octanol–water partition coefficient (Wildman–Crippen LogP) is -6.77. The molecule has 4 unspecified atom stereocenters. The highest BCUT2D eigenvalue weighted by molar-refractivity contribution is 6.10. The molecule has 1 rings (SSSR count). The van der Waals surface area contributed by atoms with Crippen LogP contribution < -0.4 is 22.7 Å². The van der Waals surface area contributed by atoms with Crippen molar-refractivity contribution in [2.75, 3.05) is 59.4 Å². The molecule has 13 N–H and O–H groups in total. The van der Waals surface area contributed by atoms with Gasteiger partial charge in [-0.25, -0.2) is 10.7 Å². The van der Waals surface area contributed by atoms with Gasteiger partial charge in [0, 0.05) is 19.4 Å². The topological polar surface area (TPSA) is 326 Å². The fourth-order valence-corrected chi connectivity index (χ4v) is 3.76. The highest BCUT2D eigenvalue weighted by Gasteiger charge is 2.63. The van der Waals surface area contributed by atoms with Crippen molar-refractivity contribution in [1.29, 1.82) is 0 Å². The van der Waals surface area contributed by atoms with Crippen molar-refractivity contribution in [3.63, 3.8) is 0 Å². The molecule has 41 heavy (non-hydrogen) atoms. The monoisotopic (exact) mass is 600 g/mol. The third-order valence-corrected chi connectivity index (χ3v) is 6.12. The predicted molar refractivity (Wildman–Crippen MR) is 132 cm³/mol.